The van der Waals surface area contributed by atoms with Crippen LogP contribution in [0.3, 0.4) is 0 Å². The molecule has 140 valence electrons. The van der Waals surface area contributed by atoms with Crippen molar-refractivity contribution in [1.82, 2.24) is 10.2 Å². The zero-order valence-electron chi connectivity index (χ0n) is 15.3. The minimum Gasteiger partial charge on any atom is -0.461 e. The highest BCUT2D eigenvalue weighted by Gasteiger charge is 2.18. The van der Waals surface area contributed by atoms with Crippen molar-refractivity contribution in [3.8, 4) is 0 Å². The van der Waals surface area contributed by atoms with Gasteiger partial charge in [0, 0.05) is 31.0 Å². The average molecular weight is 385 g/mol. The number of hydrogen-bond acceptors (Lipinski definition) is 3. The van der Waals surface area contributed by atoms with Gasteiger partial charge < -0.3 is 14.6 Å². The molecule has 2 amide bonds. The van der Waals surface area contributed by atoms with Gasteiger partial charge in [0.15, 0.2) is 0 Å². The molecule has 0 fully saturated rings. The number of para-hydroxylation sites is 1. The topological polar surface area (TPSA) is 62.6 Å². The maximum Gasteiger partial charge on any atom is 0.253 e. The Kier molecular flexibility index (Phi) is 5.81. The van der Waals surface area contributed by atoms with E-state index in [2.05, 4.69) is 5.32 Å². The molecule has 0 saturated heterocycles. The monoisotopic (exact) mass is 384 g/mol. The van der Waals surface area contributed by atoms with Gasteiger partial charge in [-0.1, -0.05) is 48.9 Å². The van der Waals surface area contributed by atoms with Crippen molar-refractivity contribution in [2.75, 3.05) is 13.6 Å². The largest absolute Gasteiger partial charge is 0.461 e. The Morgan fingerprint density at radius 1 is 1.11 bits per heavy atom. The molecule has 0 aliphatic heterocycles. The summed E-state index contributed by atoms with van der Waals surface area (Å²) in [5.74, 6) is 0.309. The van der Waals surface area contributed by atoms with Gasteiger partial charge in [-0.25, -0.2) is 0 Å². The molecule has 0 aliphatic carbocycles. The Morgan fingerprint density at radius 3 is 2.56 bits per heavy atom. The number of rotatable bonds is 6. The normalized spacial score (nSPS) is 10.8. The number of amides is 2. The van der Waals surface area contributed by atoms with Crippen molar-refractivity contribution >= 4 is 34.4 Å². The van der Waals surface area contributed by atoms with Crippen LogP contribution in [0.5, 0.6) is 0 Å². The Morgan fingerprint density at radius 2 is 1.81 bits per heavy atom. The Bertz CT molecular complexity index is 980. The maximum absolute atomic E-state index is 12.5. The highest BCUT2D eigenvalue weighted by molar-refractivity contribution is 6.33. The molecule has 1 N–H and O–H groups in total. The molecule has 3 rings (SSSR count). The fourth-order valence-electron chi connectivity index (χ4n) is 2.97. The molecule has 0 radical (unpaired) electrons. The van der Waals surface area contributed by atoms with Gasteiger partial charge in [0.1, 0.15) is 11.3 Å². The van der Waals surface area contributed by atoms with E-state index in [1.165, 1.54) is 0 Å². The Balaban J connectivity index is 1.66. The lowest BCUT2D eigenvalue weighted by Gasteiger charge is -2.18. The molecule has 5 nitrogen and oxygen atoms in total. The second kappa shape index (κ2) is 8.27. The van der Waals surface area contributed by atoms with Gasteiger partial charge in [0.25, 0.3) is 5.91 Å². The summed E-state index contributed by atoms with van der Waals surface area (Å²) in [6.07, 6.45) is 0.745. The zero-order valence-corrected chi connectivity index (χ0v) is 16.0. The molecule has 0 aliphatic rings. The summed E-state index contributed by atoms with van der Waals surface area (Å²) in [6.45, 7) is 2.34. The van der Waals surface area contributed by atoms with Crippen molar-refractivity contribution in [2.24, 2.45) is 0 Å². The molecular formula is C21H21ClN2O3. The Hall–Kier alpha value is -2.79. The first-order valence-electron chi connectivity index (χ1n) is 8.77. The predicted octanol–water partition coefficient (Wildman–Crippen LogP) is 4.04. The third kappa shape index (κ3) is 4.14. The molecule has 2 aromatic carbocycles. The van der Waals surface area contributed by atoms with Crippen LogP contribution in [-0.4, -0.2) is 30.3 Å². The van der Waals surface area contributed by atoms with Crippen LogP contribution < -0.4 is 5.32 Å². The van der Waals surface area contributed by atoms with Crippen LogP contribution >= 0.6 is 11.6 Å². The van der Waals surface area contributed by atoms with Crippen molar-refractivity contribution in [3.63, 3.8) is 0 Å². The number of carbonyl (C=O) groups is 2. The highest BCUT2D eigenvalue weighted by atomic mass is 35.5. The third-order valence-corrected chi connectivity index (χ3v) is 4.77. The number of fused-ring (bicyclic) bond motifs is 1. The van der Waals surface area contributed by atoms with E-state index in [-0.39, 0.29) is 18.4 Å². The van der Waals surface area contributed by atoms with Crippen LogP contribution in [0.2, 0.25) is 5.02 Å². The first-order chi connectivity index (χ1) is 13.0. The standard InChI is InChI=1S/C21H21ClN2O3/c1-3-18-16(14-8-5-7-11-19(14)27-18)13-24(2)20(25)12-23-21(26)15-9-4-6-10-17(15)22/h4-11H,3,12-13H2,1-2H3,(H,23,26). The third-order valence-electron chi connectivity index (χ3n) is 4.44. The van der Waals surface area contributed by atoms with Crippen LogP contribution in [0.1, 0.15) is 28.6 Å². The van der Waals surface area contributed by atoms with Crippen molar-refractivity contribution in [1.29, 1.82) is 0 Å². The van der Waals surface area contributed by atoms with E-state index in [0.29, 0.717) is 17.1 Å². The summed E-state index contributed by atoms with van der Waals surface area (Å²) >= 11 is 6.01. The first kappa shape index (κ1) is 19.0. The zero-order chi connectivity index (χ0) is 19.4. The van der Waals surface area contributed by atoms with Gasteiger partial charge in [-0.05, 0) is 18.2 Å². The van der Waals surface area contributed by atoms with Crippen LogP contribution in [-0.2, 0) is 17.8 Å². The number of aryl methyl sites for hydroxylation is 1. The summed E-state index contributed by atoms with van der Waals surface area (Å²) in [4.78, 5) is 26.3. The van der Waals surface area contributed by atoms with Gasteiger partial charge in [0.05, 0.1) is 17.1 Å². The minimum absolute atomic E-state index is 0.0994. The molecule has 1 heterocycles. The lowest BCUT2D eigenvalue weighted by atomic mass is 10.1. The molecule has 0 bridgehead atoms. The predicted molar refractivity (Wildman–Crippen MR) is 106 cm³/mol. The highest BCUT2D eigenvalue weighted by Crippen LogP contribution is 2.27. The maximum atomic E-state index is 12.5. The smallest absolute Gasteiger partial charge is 0.253 e. The number of furan rings is 1. The summed E-state index contributed by atoms with van der Waals surface area (Å²) in [7, 11) is 1.71. The summed E-state index contributed by atoms with van der Waals surface area (Å²) in [6, 6.07) is 14.5. The summed E-state index contributed by atoms with van der Waals surface area (Å²) in [5, 5.41) is 3.99. The lowest BCUT2D eigenvalue weighted by molar-refractivity contribution is -0.129. The summed E-state index contributed by atoms with van der Waals surface area (Å²) < 4.78 is 5.88. The fourth-order valence-corrected chi connectivity index (χ4v) is 3.19. The summed E-state index contributed by atoms with van der Waals surface area (Å²) in [5.41, 5.74) is 2.17. The van der Waals surface area contributed by atoms with E-state index in [1.54, 1.807) is 36.2 Å². The minimum atomic E-state index is -0.370. The fraction of sp³-hybridized carbons (Fsp3) is 0.238. The number of nitrogens with one attached hydrogen (secondary N) is 1. The second-order valence-electron chi connectivity index (χ2n) is 6.27. The van der Waals surface area contributed by atoms with E-state index >= 15 is 0 Å². The quantitative estimate of drug-likeness (QED) is 0.697. The van der Waals surface area contributed by atoms with Crippen molar-refractivity contribution in [2.45, 2.75) is 19.9 Å². The van der Waals surface area contributed by atoms with Crippen LogP contribution in [0.15, 0.2) is 52.9 Å². The Labute approximate surface area is 162 Å². The van der Waals surface area contributed by atoms with Crippen molar-refractivity contribution in [3.05, 3.63) is 70.4 Å². The molecular weight excluding hydrogens is 364 g/mol. The molecule has 27 heavy (non-hydrogen) atoms. The number of halogens is 1. The number of nitrogens with zero attached hydrogens (tertiary/aromatic N) is 1. The second-order valence-corrected chi connectivity index (χ2v) is 6.67. The SMILES string of the molecule is CCc1oc2ccccc2c1CN(C)C(=O)CNC(=O)c1ccccc1Cl. The molecule has 1 aromatic heterocycles. The molecule has 3 aromatic rings. The molecule has 0 spiro atoms. The molecule has 6 heteroatoms. The number of benzene rings is 2. The van der Waals surface area contributed by atoms with E-state index in [9.17, 15) is 9.59 Å². The molecule has 0 saturated carbocycles. The number of likely N-dealkylation sites (N-methyl/N-ethyl adjacent to an activating group) is 1. The molecule has 0 atom stereocenters. The van der Waals surface area contributed by atoms with Gasteiger partial charge in [-0.2, -0.15) is 0 Å². The van der Waals surface area contributed by atoms with Gasteiger partial charge in [0.2, 0.25) is 5.91 Å². The lowest BCUT2D eigenvalue weighted by Crippen LogP contribution is -2.38. The van der Waals surface area contributed by atoms with E-state index in [0.717, 1.165) is 28.7 Å². The van der Waals surface area contributed by atoms with Gasteiger partial charge in [-0.15, -0.1) is 0 Å². The van der Waals surface area contributed by atoms with Gasteiger partial charge in [-0.3, -0.25) is 9.59 Å². The van der Waals surface area contributed by atoms with E-state index in [4.69, 9.17) is 16.0 Å². The van der Waals surface area contributed by atoms with E-state index < -0.39 is 0 Å². The van der Waals surface area contributed by atoms with Gasteiger partial charge >= 0.3 is 0 Å². The number of carbonyl (C=O) groups excluding carboxylic acids is 2. The van der Waals surface area contributed by atoms with Crippen LogP contribution in [0, 0.1) is 0 Å². The number of hydrogen-bond donors (Lipinski definition) is 1. The first-order valence-corrected chi connectivity index (χ1v) is 9.15. The molecule has 0 unspecified atom stereocenters. The van der Waals surface area contributed by atoms with Crippen LogP contribution in [0.25, 0.3) is 11.0 Å². The van der Waals surface area contributed by atoms with E-state index in [1.807, 2.05) is 31.2 Å². The van der Waals surface area contributed by atoms with Crippen LogP contribution in [0.4, 0.5) is 0 Å². The van der Waals surface area contributed by atoms with Crippen molar-refractivity contribution < 1.29 is 14.0 Å². The average Bonchev–Trinajstić information content (AvgIpc) is 3.03.